The molecule has 0 spiro atoms. The molecular formula is C9H8N4O2. The van der Waals surface area contributed by atoms with Gasteiger partial charge in [0.25, 0.3) is 11.5 Å². The van der Waals surface area contributed by atoms with E-state index in [1.807, 2.05) is 5.43 Å². The largest absolute Gasteiger partial charge is 0.319 e. The molecule has 76 valence electrons. The highest BCUT2D eigenvalue weighted by molar-refractivity contribution is 5.93. The highest BCUT2D eigenvalue weighted by Crippen LogP contribution is 2.05. The number of benzene rings is 1. The number of nitrogens with zero attached hydrogens (tertiary/aromatic N) is 1. The number of aromatic nitrogens is 2. The van der Waals surface area contributed by atoms with E-state index in [-0.39, 0.29) is 5.69 Å². The maximum absolute atomic E-state index is 11.4. The number of aromatic amines is 1. The Morgan fingerprint density at radius 1 is 1.40 bits per heavy atom. The fourth-order valence-corrected chi connectivity index (χ4v) is 1.25. The van der Waals surface area contributed by atoms with E-state index in [0.29, 0.717) is 11.0 Å². The van der Waals surface area contributed by atoms with Crippen LogP contribution in [0.1, 0.15) is 10.5 Å². The first-order chi connectivity index (χ1) is 7.22. The lowest BCUT2D eigenvalue weighted by Crippen LogP contribution is -2.35. The summed E-state index contributed by atoms with van der Waals surface area (Å²) in [6.45, 7) is 0. The predicted octanol–water partition coefficient (Wildman–Crippen LogP) is -0.473. The standard InChI is InChI=1S/C9H8N4O2/c10-13-9(15)7-8(14)12-6-4-2-1-3-5(6)11-7/h1-4H,10H2,(H,12,14)(H,13,15). The van der Waals surface area contributed by atoms with Gasteiger partial charge < -0.3 is 4.98 Å². The van der Waals surface area contributed by atoms with Crippen molar-refractivity contribution in [1.82, 2.24) is 15.4 Å². The number of fused-ring (bicyclic) bond motifs is 1. The minimum atomic E-state index is -0.706. The van der Waals surface area contributed by atoms with E-state index in [2.05, 4.69) is 9.97 Å². The predicted molar refractivity (Wildman–Crippen MR) is 54.0 cm³/mol. The van der Waals surface area contributed by atoms with Crippen molar-refractivity contribution in [3.05, 3.63) is 40.3 Å². The SMILES string of the molecule is NNC(=O)c1nc2ccccc2[nH]c1=O. The Balaban J connectivity index is 2.73. The Morgan fingerprint density at radius 3 is 2.87 bits per heavy atom. The van der Waals surface area contributed by atoms with Crippen molar-refractivity contribution in [3.63, 3.8) is 0 Å². The summed E-state index contributed by atoms with van der Waals surface area (Å²) in [5.74, 6) is 4.22. The van der Waals surface area contributed by atoms with E-state index in [1.165, 1.54) is 0 Å². The molecule has 2 rings (SSSR count). The van der Waals surface area contributed by atoms with Gasteiger partial charge in [-0.3, -0.25) is 15.0 Å². The number of hydrogen-bond acceptors (Lipinski definition) is 4. The molecular weight excluding hydrogens is 196 g/mol. The van der Waals surface area contributed by atoms with Crippen LogP contribution in [-0.2, 0) is 0 Å². The van der Waals surface area contributed by atoms with Crippen molar-refractivity contribution in [2.24, 2.45) is 5.84 Å². The van der Waals surface area contributed by atoms with E-state index in [0.717, 1.165) is 0 Å². The lowest BCUT2D eigenvalue weighted by atomic mass is 10.3. The van der Waals surface area contributed by atoms with E-state index in [4.69, 9.17) is 5.84 Å². The number of H-pyrrole nitrogens is 1. The van der Waals surface area contributed by atoms with Gasteiger partial charge in [-0.1, -0.05) is 12.1 Å². The molecule has 0 aliphatic rings. The number of para-hydroxylation sites is 2. The molecule has 15 heavy (non-hydrogen) atoms. The average molecular weight is 204 g/mol. The zero-order valence-corrected chi connectivity index (χ0v) is 7.65. The van der Waals surface area contributed by atoms with Crippen LogP contribution in [-0.4, -0.2) is 15.9 Å². The summed E-state index contributed by atoms with van der Waals surface area (Å²) in [5.41, 5.74) is 2.18. The molecule has 0 bridgehead atoms. The van der Waals surface area contributed by atoms with Gasteiger partial charge in [-0.15, -0.1) is 0 Å². The third-order valence-corrected chi connectivity index (χ3v) is 1.95. The van der Waals surface area contributed by atoms with Crippen LogP contribution in [0.5, 0.6) is 0 Å². The van der Waals surface area contributed by atoms with Gasteiger partial charge in [0.2, 0.25) is 0 Å². The van der Waals surface area contributed by atoms with Crippen LogP contribution in [0.2, 0.25) is 0 Å². The van der Waals surface area contributed by atoms with Crippen molar-refractivity contribution in [3.8, 4) is 0 Å². The monoisotopic (exact) mass is 204 g/mol. The molecule has 6 nitrogen and oxygen atoms in total. The molecule has 1 aromatic heterocycles. The first-order valence-electron chi connectivity index (χ1n) is 4.22. The van der Waals surface area contributed by atoms with Gasteiger partial charge in [0.05, 0.1) is 11.0 Å². The summed E-state index contributed by atoms with van der Waals surface area (Å²) in [6.07, 6.45) is 0. The third-order valence-electron chi connectivity index (χ3n) is 1.95. The second kappa shape index (κ2) is 3.50. The Morgan fingerprint density at radius 2 is 2.13 bits per heavy atom. The number of carbonyl (C=O) groups excluding carboxylic acids is 1. The molecule has 0 saturated heterocycles. The molecule has 0 unspecified atom stereocenters. The average Bonchev–Trinajstić information content (AvgIpc) is 2.27. The van der Waals surface area contributed by atoms with Crippen molar-refractivity contribution in [2.75, 3.05) is 0 Å². The Labute approximate surface area is 84.1 Å². The number of hydrogen-bond donors (Lipinski definition) is 3. The Hall–Kier alpha value is -2.21. The van der Waals surface area contributed by atoms with E-state index < -0.39 is 11.5 Å². The van der Waals surface area contributed by atoms with Crippen molar-refractivity contribution in [2.45, 2.75) is 0 Å². The highest BCUT2D eigenvalue weighted by atomic mass is 16.2. The molecule has 6 heteroatoms. The lowest BCUT2D eigenvalue weighted by Gasteiger charge is -2.00. The summed E-state index contributed by atoms with van der Waals surface area (Å²) in [4.78, 5) is 29.0. The normalized spacial score (nSPS) is 10.2. The second-order valence-electron chi connectivity index (χ2n) is 2.91. The molecule has 1 heterocycles. The number of hydrazine groups is 1. The molecule has 0 saturated carbocycles. The van der Waals surface area contributed by atoms with Gasteiger partial charge in [0.1, 0.15) is 0 Å². The number of nitrogens with one attached hydrogen (secondary N) is 2. The molecule has 0 fully saturated rings. The highest BCUT2D eigenvalue weighted by Gasteiger charge is 2.11. The number of amides is 1. The maximum Gasteiger partial charge on any atom is 0.289 e. The van der Waals surface area contributed by atoms with E-state index in [1.54, 1.807) is 24.3 Å². The number of carbonyl (C=O) groups is 1. The van der Waals surface area contributed by atoms with Crippen LogP contribution in [0.25, 0.3) is 11.0 Å². The fraction of sp³-hybridized carbons (Fsp3) is 0. The molecule has 0 radical (unpaired) electrons. The summed E-state index contributed by atoms with van der Waals surface area (Å²) in [7, 11) is 0. The molecule has 1 aromatic carbocycles. The molecule has 0 aliphatic carbocycles. The number of nitrogen functional groups attached to an aromatic ring is 1. The zero-order chi connectivity index (χ0) is 10.8. The Bertz CT molecular complexity index is 576. The van der Waals surface area contributed by atoms with Crippen LogP contribution in [0.15, 0.2) is 29.1 Å². The molecule has 0 aliphatic heterocycles. The van der Waals surface area contributed by atoms with Gasteiger partial charge in [-0.05, 0) is 12.1 Å². The van der Waals surface area contributed by atoms with Crippen LogP contribution < -0.4 is 16.8 Å². The minimum Gasteiger partial charge on any atom is -0.319 e. The smallest absolute Gasteiger partial charge is 0.289 e. The fourth-order valence-electron chi connectivity index (χ4n) is 1.25. The van der Waals surface area contributed by atoms with Crippen LogP contribution >= 0.6 is 0 Å². The summed E-state index contributed by atoms with van der Waals surface area (Å²) in [6, 6.07) is 6.92. The zero-order valence-electron chi connectivity index (χ0n) is 7.65. The van der Waals surface area contributed by atoms with Crippen LogP contribution in [0.3, 0.4) is 0 Å². The third kappa shape index (κ3) is 1.57. The lowest BCUT2D eigenvalue weighted by molar-refractivity contribution is 0.0947. The van der Waals surface area contributed by atoms with E-state index >= 15 is 0 Å². The topological polar surface area (TPSA) is 101 Å². The second-order valence-corrected chi connectivity index (χ2v) is 2.91. The van der Waals surface area contributed by atoms with Crippen LogP contribution in [0, 0.1) is 0 Å². The maximum atomic E-state index is 11.4. The minimum absolute atomic E-state index is 0.240. The van der Waals surface area contributed by atoms with Crippen LogP contribution in [0.4, 0.5) is 0 Å². The van der Waals surface area contributed by atoms with Gasteiger partial charge in [-0.2, -0.15) is 0 Å². The summed E-state index contributed by atoms with van der Waals surface area (Å²) >= 11 is 0. The van der Waals surface area contributed by atoms with Gasteiger partial charge in [0.15, 0.2) is 5.69 Å². The quantitative estimate of drug-likeness (QED) is 0.332. The molecule has 2 aromatic rings. The Kier molecular flexibility index (Phi) is 2.18. The summed E-state index contributed by atoms with van der Waals surface area (Å²) in [5, 5.41) is 0. The van der Waals surface area contributed by atoms with Gasteiger partial charge in [-0.25, -0.2) is 10.8 Å². The number of nitrogens with two attached hydrogens (primary N) is 1. The van der Waals surface area contributed by atoms with Gasteiger partial charge in [0, 0.05) is 0 Å². The van der Waals surface area contributed by atoms with E-state index in [9.17, 15) is 9.59 Å². The first kappa shape index (κ1) is 9.35. The van der Waals surface area contributed by atoms with Crippen molar-refractivity contribution in [1.29, 1.82) is 0 Å². The van der Waals surface area contributed by atoms with Gasteiger partial charge >= 0.3 is 0 Å². The number of rotatable bonds is 1. The summed E-state index contributed by atoms with van der Waals surface area (Å²) < 4.78 is 0. The molecule has 1 amide bonds. The van der Waals surface area contributed by atoms with Crippen molar-refractivity contribution < 1.29 is 4.79 Å². The molecule has 0 atom stereocenters. The van der Waals surface area contributed by atoms with Crippen molar-refractivity contribution >= 4 is 16.9 Å². The first-order valence-corrected chi connectivity index (χ1v) is 4.22. The molecule has 4 N–H and O–H groups in total.